The van der Waals surface area contributed by atoms with E-state index in [4.69, 9.17) is 11.6 Å². The van der Waals surface area contributed by atoms with Gasteiger partial charge >= 0.3 is 0 Å². The molecule has 3 rings (SSSR count). The zero-order valence-corrected chi connectivity index (χ0v) is 19.6. The Hall–Kier alpha value is -1.85. The molecule has 2 amide bonds. The summed E-state index contributed by atoms with van der Waals surface area (Å²) in [7, 11) is 0. The quantitative estimate of drug-likeness (QED) is 0.522. The van der Waals surface area contributed by atoms with Crippen molar-refractivity contribution in [3.63, 3.8) is 0 Å². The minimum atomic E-state index is -0.130. The number of hydrogen-bond acceptors (Lipinski definition) is 3. The van der Waals surface area contributed by atoms with Gasteiger partial charge in [0.25, 0.3) is 0 Å². The highest BCUT2D eigenvalue weighted by Crippen LogP contribution is 2.38. The van der Waals surface area contributed by atoms with Crippen LogP contribution in [0.5, 0.6) is 0 Å². The lowest BCUT2D eigenvalue weighted by Gasteiger charge is -2.38. The summed E-state index contributed by atoms with van der Waals surface area (Å²) in [4.78, 5) is 31.4. The van der Waals surface area contributed by atoms with Crippen LogP contribution in [0.15, 0.2) is 35.7 Å². The highest BCUT2D eigenvalue weighted by Gasteiger charge is 2.34. The molecule has 0 aliphatic carbocycles. The molecule has 4 nitrogen and oxygen atoms in total. The van der Waals surface area contributed by atoms with Crippen LogP contribution < -0.4 is 0 Å². The first-order valence-corrected chi connectivity index (χ1v) is 12.1. The van der Waals surface area contributed by atoms with Crippen LogP contribution in [-0.4, -0.2) is 40.7 Å². The number of nitrogens with zero attached hydrogens (tertiary/aromatic N) is 2. The van der Waals surface area contributed by atoms with Crippen molar-refractivity contribution in [3.05, 3.63) is 56.7 Å². The van der Waals surface area contributed by atoms with Crippen LogP contribution in [0.25, 0.3) is 0 Å². The van der Waals surface area contributed by atoms with E-state index in [1.165, 1.54) is 10.4 Å². The molecular weight excluding hydrogens is 416 g/mol. The number of benzene rings is 1. The van der Waals surface area contributed by atoms with Crippen molar-refractivity contribution >= 4 is 34.8 Å². The van der Waals surface area contributed by atoms with Crippen LogP contribution in [0.4, 0.5) is 0 Å². The third-order valence-electron chi connectivity index (χ3n) is 5.97. The fourth-order valence-corrected chi connectivity index (χ4v) is 5.04. The van der Waals surface area contributed by atoms with E-state index in [0.29, 0.717) is 18.0 Å². The van der Waals surface area contributed by atoms with E-state index < -0.39 is 0 Å². The molecule has 0 N–H and O–H groups in total. The lowest BCUT2D eigenvalue weighted by atomic mass is 9.93. The van der Waals surface area contributed by atoms with E-state index in [-0.39, 0.29) is 30.4 Å². The largest absolute Gasteiger partial charge is 0.331 e. The number of carbonyl (C=O) groups excluding carboxylic acids is 2. The summed E-state index contributed by atoms with van der Waals surface area (Å²) in [5.41, 5.74) is 2.24. The molecular formula is C24H31ClN2O2S. The Morgan fingerprint density at radius 3 is 2.63 bits per heavy atom. The average molecular weight is 447 g/mol. The third kappa shape index (κ3) is 5.06. The van der Waals surface area contributed by atoms with Gasteiger partial charge in [-0.3, -0.25) is 9.59 Å². The van der Waals surface area contributed by atoms with E-state index in [9.17, 15) is 9.59 Å². The molecule has 0 saturated carbocycles. The summed E-state index contributed by atoms with van der Waals surface area (Å²) in [6.07, 6.45) is 4.02. The monoisotopic (exact) mass is 446 g/mol. The number of amides is 2. The predicted octanol–water partition coefficient (Wildman–Crippen LogP) is 5.69. The van der Waals surface area contributed by atoms with Gasteiger partial charge in [0, 0.05) is 28.9 Å². The summed E-state index contributed by atoms with van der Waals surface area (Å²) in [6, 6.07) is 9.79. The van der Waals surface area contributed by atoms with E-state index in [1.54, 1.807) is 16.2 Å². The molecule has 30 heavy (non-hydrogen) atoms. The number of hydrogen-bond donors (Lipinski definition) is 0. The number of fused-ring (bicyclic) bond motifs is 1. The van der Waals surface area contributed by atoms with Gasteiger partial charge in [-0.25, -0.2) is 0 Å². The number of thiophene rings is 1. The molecule has 0 spiro atoms. The molecule has 6 heteroatoms. The van der Waals surface area contributed by atoms with Gasteiger partial charge in [0.2, 0.25) is 11.8 Å². The Bertz CT molecular complexity index is 864. The first kappa shape index (κ1) is 22.8. The Morgan fingerprint density at radius 2 is 1.97 bits per heavy atom. The topological polar surface area (TPSA) is 40.6 Å². The standard InChI is InChI=1S/C24H31ClN2O2S/c1-4-6-7-22(28)27(17(3)5-2)16-23(29)26-14-12-21-20(13-15-30-21)24(26)18-8-10-19(25)11-9-18/h8-11,13,15,17,24H,4-7,12,14,16H2,1-3H3. The second-order valence-corrected chi connectivity index (χ2v) is 9.41. The third-order valence-corrected chi connectivity index (χ3v) is 7.21. The van der Waals surface area contributed by atoms with Crippen LogP contribution in [0.1, 0.15) is 68.5 Å². The smallest absolute Gasteiger partial charge is 0.243 e. The Kier molecular flexibility index (Phi) is 7.95. The molecule has 162 valence electrons. The molecule has 2 atom stereocenters. The first-order valence-electron chi connectivity index (χ1n) is 10.9. The van der Waals surface area contributed by atoms with Crippen LogP contribution in [0.2, 0.25) is 5.02 Å². The lowest BCUT2D eigenvalue weighted by molar-refractivity contribution is -0.143. The first-order chi connectivity index (χ1) is 14.5. The molecule has 1 aromatic carbocycles. The van der Waals surface area contributed by atoms with Crippen molar-refractivity contribution in [3.8, 4) is 0 Å². The van der Waals surface area contributed by atoms with Crippen molar-refractivity contribution in [2.45, 2.75) is 65.0 Å². The molecule has 0 saturated heterocycles. The second-order valence-electron chi connectivity index (χ2n) is 7.97. The minimum Gasteiger partial charge on any atom is -0.331 e. The fourth-order valence-electron chi connectivity index (χ4n) is 4.01. The molecule has 2 heterocycles. The highest BCUT2D eigenvalue weighted by atomic mass is 35.5. The summed E-state index contributed by atoms with van der Waals surface area (Å²) >= 11 is 7.85. The lowest BCUT2D eigenvalue weighted by Crippen LogP contribution is -2.49. The summed E-state index contributed by atoms with van der Waals surface area (Å²) < 4.78 is 0. The van der Waals surface area contributed by atoms with Crippen LogP contribution >= 0.6 is 22.9 Å². The van der Waals surface area contributed by atoms with E-state index in [1.807, 2.05) is 36.1 Å². The summed E-state index contributed by atoms with van der Waals surface area (Å²) in [5.74, 6) is 0.0905. The Labute approximate surface area is 188 Å². The van der Waals surface area contributed by atoms with E-state index in [0.717, 1.165) is 31.2 Å². The average Bonchev–Trinajstić information content (AvgIpc) is 3.24. The van der Waals surface area contributed by atoms with Gasteiger partial charge in [0.15, 0.2) is 0 Å². The van der Waals surface area contributed by atoms with Crippen LogP contribution in [0.3, 0.4) is 0 Å². The van der Waals surface area contributed by atoms with E-state index in [2.05, 4.69) is 25.3 Å². The van der Waals surface area contributed by atoms with Gasteiger partial charge in [-0.1, -0.05) is 44.0 Å². The molecule has 1 aliphatic heterocycles. The SMILES string of the molecule is CCCCC(=O)N(CC(=O)N1CCc2sccc2C1c1ccc(Cl)cc1)C(C)CC. The van der Waals surface area contributed by atoms with Gasteiger partial charge in [-0.05, 0) is 60.9 Å². The molecule has 2 aromatic rings. The number of halogens is 1. The minimum absolute atomic E-state index is 0.0111. The molecule has 0 bridgehead atoms. The molecule has 1 aliphatic rings. The molecule has 2 unspecified atom stereocenters. The van der Waals surface area contributed by atoms with Gasteiger partial charge < -0.3 is 9.80 Å². The predicted molar refractivity (Wildman–Crippen MR) is 124 cm³/mol. The Morgan fingerprint density at radius 1 is 1.23 bits per heavy atom. The number of unbranched alkanes of at least 4 members (excludes halogenated alkanes) is 1. The van der Waals surface area contributed by atoms with Gasteiger partial charge in [-0.15, -0.1) is 11.3 Å². The maximum absolute atomic E-state index is 13.5. The molecule has 1 aromatic heterocycles. The number of carbonyl (C=O) groups is 2. The van der Waals surface area contributed by atoms with Gasteiger partial charge in [-0.2, -0.15) is 0 Å². The second kappa shape index (κ2) is 10.5. The van der Waals surface area contributed by atoms with Crippen LogP contribution in [0, 0.1) is 0 Å². The van der Waals surface area contributed by atoms with Crippen molar-refractivity contribution in [2.75, 3.05) is 13.1 Å². The molecule has 0 fully saturated rings. The number of rotatable bonds is 8. The normalized spacial score (nSPS) is 16.8. The van der Waals surface area contributed by atoms with Crippen molar-refractivity contribution in [1.29, 1.82) is 0 Å². The van der Waals surface area contributed by atoms with Gasteiger partial charge in [0.05, 0.1) is 6.04 Å². The molecule has 0 radical (unpaired) electrons. The van der Waals surface area contributed by atoms with Gasteiger partial charge in [0.1, 0.15) is 6.54 Å². The summed E-state index contributed by atoms with van der Waals surface area (Å²) in [6.45, 7) is 6.97. The summed E-state index contributed by atoms with van der Waals surface area (Å²) in [5, 5.41) is 2.78. The van der Waals surface area contributed by atoms with E-state index >= 15 is 0 Å². The van der Waals surface area contributed by atoms with Crippen LogP contribution in [-0.2, 0) is 16.0 Å². The van der Waals surface area contributed by atoms with Crippen molar-refractivity contribution < 1.29 is 9.59 Å². The maximum atomic E-state index is 13.5. The van der Waals surface area contributed by atoms with Crippen molar-refractivity contribution in [1.82, 2.24) is 9.80 Å². The highest BCUT2D eigenvalue weighted by molar-refractivity contribution is 7.10. The van der Waals surface area contributed by atoms with Crippen molar-refractivity contribution in [2.24, 2.45) is 0 Å². The Balaban J connectivity index is 1.86. The zero-order chi connectivity index (χ0) is 21.7. The zero-order valence-electron chi connectivity index (χ0n) is 18.1. The maximum Gasteiger partial charge on any atom is 0.243 e. The fraction of sp³-hybridized carbons (Fsp3) is 0.500.